The minimum absolute atomic E-state index is 0.114. The molecule has 2 fully saturated rings. The SMILES string of the molecule is Cc1ccc2c(S(=O)(=O)NCCC3CC3)cccc2c1Oc1ncccc1-c1ccnc(NOC(=O)N2CCCCC2)n1. The van der Waals surface area contributed by atoms with E-state index in [9.17, 15) is 13.2 Å². The van der Waals surface area contributed by atoms with Crippen molar-refractivity contribution in [1.29, 1.82) is 0 Å². The third-order valence-electron chi connectivity index (χ3n) is 7.75. The van der Waals surface area contributed by atoms with E-state index in [4.69, 9.17) is 9.57 Å². The molecular weight excluding hydrogens is 568 g/mol. The van der Waals surface area contributed by atoms with Gasteiger partial charge in [-0.2, -0.15) is 5.48 Å². The Morgan fingerprint density at radius 3 is 2.63 bits per heavy atom. The van der Waals surface area contributed by atoms with Gasteiger partial charge < -0.3 is 14.5 Å². The quantitative estimate of drug-likeness (QED) is 0.215. The Balaban J connectivity index is 1.25. The molecule has 1 amide bonds. The zero-order valence-electron chi connectivity index (χ0n) is 24.0. The van der Waals surface area contributed by atoms with E-state index in [1.165, 1.54) is 12.8 Å². The highest BCUT2D eigenvalue weighted by molar-refractivity contribution is 7.89. The molecule has 12 heteroatoms. The van der Waals surface area contributed by atoms with E-state index in [-0.39, 0.29) is 16.7 Å². The number of fused-ring (bicyclic) bond motifs is 1. The van der Waals surface area contributed by atoms with Gasteiger partial charge in [-0.3, -0.25) is 0 Å². The number of nitrogens with one attached hydrogen (secondary N) is 2. The summed E-state index contributed by atoms with van der Waals surface area (Å²) in [6.45, 7) is 3.64. The molecule has 43 heavy (non-hydrogen) atoms. The standard InChI is InChI=1S/C31H34N6O5S/c1-21-10-13-23-24(7-5-9-27(23)43(39,40)34-18-14-22-11-12-22)28(21)41-29-25(8-6-16-32-29)26-15-17-33-30(35-26)36-42-31(38)37-19-3-2-4-20-37/h5-10,13,15-17,22,34H,2-4,11-12,14,18-20H2,1H3,(H,33,35,36). The molecule has 1 saturated heterocycles. The van der Waals surface area contributed by atoms with Gasteiger partial charge in [0.25, 0.3) is 5.95 Å². The van der Waals surface area contributed by atoms with Crippen LogP contribution in [0.25, 0.3) is 22.0 Å². The molecule has 2 N–H and O–H groups in total. The lowest BCUT2D eigenvalue weighted by molar-refractivity contribution is 0.113. The molecule has 1 saturated carbocycles. The van der Waals surface area contributed by atoms with Gasteiger partial charge in [0.15, 0.2) is 0 Å². The van der Waals surface area contributed by atoms with Gasteiger partial charge >= 0.3 is 6.09 Å². The van der Waals surface area contributed by atoms with Gasteiger partial charge in [-0.05, 0) is 68.4 Å². The number of nitrogens with zero attached hydrogens (tertiary/aromatic N) is 4. The van der Waals surface area contributed by atoms with Crippen LogP contribution in [0.3, 0.4) is 0 Å². The summed E-state index contributed by atoms with van der Waals surface area (Å²) in [6.07, 6.45) is 8.89. The first-order valence-electron chi connectivity index (χ1n) is 14.6. The second kappa shape index (κ2) is 12.5. The molecule has 2 aliphatic rings. The zero-order valence-corrected chi connectivity index (χ0v) is 24.8. The summed E-state index contributed by atoms with van der Waals surface area (Å²) in [5.41, 5.74) is 4.45. The highest BCUT2D eigenvalue weighted by Gasteiger charge is 2.24. The number of anilines is 1. The van der Waals surface area contributed by atoms with Crippen molar-refractivity contribution in [3.8, 4) is 22.9 Å². The first-order chi connectivity index (χ1) is 20.9. The molecule has 2 aromatic heterocycles. The number of likely N-dealkylation sites (tertiary alicyclic amines) is 1. The molecule has 0 radical (unpaired) electrons. The Morgan fingerprint density at radius 2 is 1.81 bits per heavy atom. The van der Waals surface area contributed by atoms with E-state index < -0.39 is 16.1 Å². The number of hydrogen-bond donors (Lipinski definition) is 2. The minimum Gasteiger partial charge on any atom is -0.437 e. The monoisotopic (exact) mass is 602 g/mol. The number of hydrogen-bond acceptors (Lipinski definition) is 9. The Bertz CT molecular complexity index is 1740. The highest BCUT2D eigenvalue weighted by Crippen LogP contribution is 2.38. The topological polar surface area (TPSA) is 136 Å². The number of sulfonamides is 1. The van der Waals surface area contributed by atoms with Crippen LogP contribution in [0.2, 0.25) is 0 Å². The number of carbonyl (C=O) groups excluding carboxylic acids is 1. The van der Waals surface area contributed by atoms with Gasteiger partial charge in [0, 0.05) is 42.8 Å². The van der Waals surface area contributed by atoms with E-state index in [1.54, 1.807) is 47.6 Å². The molecule has 11 nitrogen and oxygen atoms in total. The maximum atomic E-state index is 13.2. The van der Waals surface area contributed by atoms with E-state index in [2.05, 4.69) is 25.2 Å². The van der Waals surface area contributed by atoms with Gasteiger partial charge in [-0.25, -0.2) is 32.9 Å². The lowest BCUT2D eigenvalue weighted by Gasteiger charge is -2.25. The van der Waals surface area contributed by atoms with Gasteiger partial charge in [0.1, 0.15) is 5.75 Å². The van der Waals surface area contributed by atoms with Crippen molar-refractivity contribution in [3.63, 3.8) is 0 Å². The number of aryl methyl sites for hydroxylation is 1. The fraction of sp³-hybridized carbons (Fsp3) is 0.355. The van der Waals surface area contributed by atoms with Crippen molar-refractivity contribution in [3.05, 3.63) is 66.5 Å². The van der Waals surface area contributed by atoms with Crippen LogP contribution in [-0.4, -0.2) is 54.0 Å². The summed E-state index contributed by atoms with van der Waals surface area (Å²) < 4.78 is 35.7. The van der Waals surface area contributed by atoms with Crippen molar-refractivity contribution in [2.75, 3.05) is 25.1 Å². The molecule has 3 heterocycles. The number of amides is 1. The predicted octanol–water partition coefficient (Wildman–Crippen LogP) is 5.82. The van der Waals surface area contributed by atoms with Gasteiger partial charge in [0.05, 0.1) is 16.2 Å². The van der Waals surface area contributed by atoms with Crippen molar-refractivity contribution in [2.45, 2.75) is 50.3 Å². The van der Waals surface area contributed by atoms with Crippen LogP contribution in [0.5, 0.6) is 11.6 Å². The molecule has 1 aliphatic heterocycles. The van der Waals surface area contributed by atoms with Crippen LogP contribution < -0.4 is 14.9 Å². The summed E-state index contributed by atoms with van der Waals surface area (Å²) in [7, 11) is -3.72. The number of pyridine rings is 1. The number of piperidine rings is 1. The third kappa shape index (κ3) is 6.70. The Labute approximate surface area is 250 Å². The molecule has 4 aromatic rings. The molecule has 0 unspecified atom stereocenters. The average Bonchev–Trinajstić information content (AvgIpc) is 3.86. The highest BCUT2D eigenvalue weighted by atomic mass is 32.2. The van der Waals surface area contributed by atoms with Crippen LogP contribution in [0, 0.1) is 12.8 Å². The Kier molecular flexibility index (Phi) is 8.39. The van der Waals surface area contributed by atoms with Gasteiger partial charge in [0.2, 0.25) is 15.9 Å². The van der Waals surface area contributed by atoms with Crippen molar-refractivity contribution < 1.29 is 22.8 Å². The van der Waals surface area contributed by atoms with Crippen LogP contribution in [-0.2, 0) is 14.9 Å². The molecule has 1 aliphatic carbocycles. The molecule has 2 aromatic carbocycles. The number of ether oxygens (including phenoxy) is 1. The first-order valence-corrected chi connectivity index (χ1v) is 16.1. The van der Waals surface area contributed by atoms with Crippen LogP contribution in [0.1, 0.15) is 44.1 Å². The van der Waals surface area contributed by atoms with E-state index in [1.807, 2.05) is 25.1 Å². The van der Waals surface area contributed by atoms with E-state index >= 15 is 0 Å². The number of benzene rings is 2. The van der Waals surface area contributed by atoms with Gasteiger partial charge in [-0.1, -0.05) is 37.1 Å². The summed E-state index contributed by atoms with van der Waals surface area (Å²) in [6, 6.07) is 14.1. The number of aromatic nitrogens is 3. The number of carbonyl (C=O) groups is 1. The number of rotatable bonds is 10. The third-order valence-corrected chi connectivity index (χ3v) is 9.26. The normalized spacial score (nSPS) is 15.3. The second-order valence-corrected chi connectivity index (χ2v) is 12.7. The molecular formula is C31H34N6O5S. The molecule has 0 bridgehead atoms. The largest absolute Gasteiger partial charge is 0.437 e. The maximum Gasteiger partial charge on any atom is 0.434 e. The smallest absolute Gasteiger partial charge is 0.434 e. The van der Waals surface area contributed by atoms with Crippen molar-refractivity contribution >= 4 is 32.8 Å². The fourth-order valence-corrected chi connectivity index (χ4v) is 6.48. The van der Waals surface area contributed by atoms with Crippen LogP contribution >= 0.6 is 0 Å². The lowest BCUT2D eigenvalue weighted by atomic mass is 10.1. The van der Waals surface area contributed by atoms with Crippen LogP contribution in [0.15, 0.2) is 65.8 Å². The van der Waals surface area contributed by atoms with Gasteiger partial charge in [-0.15, -0.1) is 0 Å². The zero-order chi connectivity index (χ0) is 29.8. The van der Waals surface area contributed by atoms with Crippen molar-refractivity contribution in [1.82, 2.24) is 24.6 Å². The maximum absolute atomic E-state index is 13.2. The van der Waals surface area contributed by atoms with E-state index in [0.29, 0.717) is 53.3 Å². The Hall–Kier alpha value is -4.29. The predicted molar refractivity (Wildman–Crippen MR) is 162 cm³/mol. The van der Waals surface area contributed by atoms with Crippen molar-refractivity contribution in [2.24, 2.45) is 5.92 Å². The summed E-state index contributed by atoms with van der Waals surface area (Å²) in [4.78, 5) is 32.7. The molecule has 224 valence electrons. The van der Waals surface area contributed by atoms with Crippen LogP contribution in [0.4, 0.5) is 10.7 Å². The van der Waals surface area contributed by atoms with E-state index in [0.717, 1.165) is 31.2 Å². The molecule has 6 rings (SSSR count). The molecule has 0 atom stereocenters. The first kappa shape index (κ1) is 28.8. The lowest BCUT2D eigenvalue weighted by Crippen LogP contribution is -2.37. The summed E-state index contributed by atoms with van der Waals surface area (Å²) >= 11 is 0. The average molecular weight is 603 g/mol. The summed E-state index contributed by atoms with van der Waals surface area (Å²) in [5.74, 6) is 1.52. The fourth-order valence-electron chi connectivity index (χ4n) is 5.21. The second-order valence-electron chi connectivity index (χ2n) is 10.9. The Morgan fingerprint density at radius 1 is 0.977 bits per heavy atom. The minimum atomic E-state index is -3.72. The molecule has 0 spiro atoms. The summed E-state index contributed by atoms with van der Waals surface area (Å²) in [5, 5.41) is 1.21.